The molecule has 1 rings (SSSR count). The van der Waals surface area contributed by atoms with E-state index in [1.54, 1.807) is 0 Å². The first kappa shape index (κ1) is 13.1. The van der Waals surface area contributed by atoms with E-state index < -0.39 is 6.29 Å². The molecule has 0 spiro atoms. The van der Waals surface area contributed by atoms with Crippen LogP contribution in [0, 0.1) is 0 Å². The maximum atomic E-state index is 8.54. The molecule has 0 atom stereocenters. The number of rotatable bonds is 3. The molecule has 0 aliphatic carbocycles. The van der Waals surface area contributed by atoms with Gasteiger partial charge in [0, 0.05) is 0 Å². The molecule has 80 valence electrons. The van der Waals surface area contributed by atoms with Crippen LogP contribution in [0.5, 0.6) is 0 Å². The van der Waals surface area contributed by atoms with Crippen LogP contribution in [0.2, 0.25) is 0 Å². The Bertz CT molecular complexity index is 209. The van der Waals surface area contributed by atoms with E-state index in [-0.39, 0.29) is 6.61 Å². The van der Waals surface area contributed by atoms with Crippen LogP contribution < -0.4 is 0 Å². The van der Waals surface area contributed by atoms with Gasteiger partial charge in [-0.2, -0.15) is 0 Å². The van der Waals surface area contributed by atoms with Crippen LogP contribution >= 0.6 is 0 Å². The molecule has 0 fully saturated rings. The van der Waals surface area contributed by atoms with Crippen LogP contribution in [0.25, 0.3) is 0 Å². The van der Waals surface area contributed by atoms with Crippen molar-refractivity contribution in [2.75, 3.05) is 0 Å². The second kappa shape index (κ2) is 8.69. The zero-order valence-electron chi connectivity index (χ0n) is 8.43. The zero-order chi connectivity index (χ0) is 10.8. The van der Waals surface area contributed by atoms with Gasteiger partial charge < -0.3 is 15.3 Å². The standard InChI is InChI=1S/C7H8O.C4H10O2/c8-6-7-4-2-1-3-5-7;1-2-3-4(5)6/h1-5,8H,6H2;4-6H,2-3H2,1H3. The highest BCUT2D eigenvalue weighted by Gasteiger charge is 1.89. The lowest BCUT2D eigenvalue weighted by Crippen LogP contribution is -2.01. The van der Waals surface area contributed by atoms with E-state index in [9.17, 15) is 0 Å². The van der Waals surface area contributed by atoms with E-state index in [0.29, 0.717) is 6.42 Å². The Hall–Kier alpha value is -0.900. The molecule has 0 saturated heterocycles. The van der Waals surface area contributed by atoms with Crippen LogP contribution in [0.4, 0.5) is 0 Å². The van der Waals surface area contributed by atoms with Gasteiger partial charge in [-0.05, 0) is 12.0 Å². The van der Waals surface area contributed by atoms with E-state index >= 15 is 0 Å². The molecular formula is C11H18O3. The molecule has 3 heteroatoms. The zero-order valence-corrected chi connectivity index (χ0v) is 8.43. The van der Waals surface area contributed by atoms with Crippen molar-refractivity contribution in [3.05, 3.63) is 35.9 Å². The number of hydrogen-bond acceptors (Lipinski definition) is 3. The molecule has 0 radical (unpaired) electrons. The Balaban J connectivity index is 0.000000255. The Morgan fingerprint density at radius 2 is 1.71 bits per heavy atom. The highest BCUT2D eigenvalue weighted by atomic mass is 16.5. The molecule has 0 amide bonds. The third-order valence-electron chi connectivity index (χ3n) is 1.57. The molecule has 3 N–H and O–H groups in total. The van der Waals surface area contributed by atoms with Crippen molar-refractivity contribution in [3.63, 3.8) is 0 Å². The second-order valence-corrected chi connectivity index (χ2v) is 2.91. The van der Waals surface area contributed by atoms with Gasteiger partial charge in [-0.15, -0.1) is 0 Å². The number of aliphatic hydroxyl groups is 3. The summed E-state index contributed by atoms with van der Waals surface area (Å²) in [5.41, 5.74) is 0.965. The number of hydrogen-bond donors (Lipinski definition) is 3. The smallest absolute Gasteiger partial charge is 0.151 e. The van der Waals surface area contributed by atoms with Crippen LogP contribution in [0.15, 0.2) is 30.3 Å². The summed E-state index contributed by atoms with van der Waals surface area (Å²) in [7, 11) is 0. The molecule has 0 saturated carbocycles. The van der Waals surface area contributed by atoms with Gasteiger partial charge in [-0.1, -0.05) is 43.7 Å². The van der Waals surface area contributed by atoms with E-state index in [0.717, 1.165) is 12.0 Å². The summed E-state index contributed by atoms with van der Waals surface area (Å²) in [6.45, 7) is 2.04. The van der Waals surface area contributed by atoms with Crippen LogP contribution in [0.3, 0.4) is 0 Å². The molecule has 0 aliphatic heterocycles. The molecule has 0 unspecified atom stereocenters. The monoisotopic (exact) mass is 198 g/mol. The molecular weight excluding hydrogens is 180 g/mol. The van der Waals surface area contributed by atoms with E-state index in [1.165, 1.54) is 0 Å². The summed E-state index contributed by atoms with van der Waals surface area (Å²) in [6, 6.07) is 9.52. The van der Waals surface area contributed by atoms with E-state index in [1.807, 2.05) is 37.3 Å². The fourth-order valence-electron chi connectivity index (χ4n) is 0.842. The van der Waals surface area contributed by atoms with Crippen molar-refractivity contribution in [2.24, 2.45) is 0 Å². The van der Waals surface area contributed by atoms with E-state index in [4.69, 9.17) is 15.3 Å². The summed E-state index contributed by atoms with van der Waals surface area (Å²) in [5.74, 6) is 0. The van der Waals surface area contributed by atoms with Crippen LogP contribution in [0.1, 0.15) is 25.3 Å². The number of benzene rings is 1. The second-order valence-electron chi connectivity index (χ2n) is 2.91. The largest absolute Gasteiger partial charge is 0.392 e. The van der Waals surface area contributed by atoms with Crippen LogP contribution in [-0.2, 0) is 6.61 Å². The first-order chi connectivity index (χ1) is 6.70. The van der Waals surface area contributed by atoms with Gasteiger partial charge in [-0.3, -0.25) is 0 Å². The Morgan fingerprint density at radius 3 is 1.93 bits per heavy atom. The molecule has 3 nitrogen and oxygen atoms in total. The molecule has 14 heavy (non-hydrogen) atoms. The van der Waals surface area contributed by atoms with Gasteiger partial charge in [0.05, 0.1) is 6.61 Å². The normalized spacial score (nSPS) is 9.50. The lowest BCUT2D eigenvalue weighted by molar-refractivity contribution is -0.0453. The lowest BCUT2D eigenvalue weighted by atomic mass is 10.2. The van der Waals surface area contributed by atoms with Gasteiger partial charge in [0.15, 0.2) is 6.29 Å². The van der Waals surface area contributed by atoms with Crippen molar-refractivity contribution in [1.29, 1.82) is 0 Å². The molecule has 0 heterocycles. The third-order valence-corrected chi connectivity index (χ3v) is 1.57. The molecule has 1 aromatic rings. The minimum absolute atomic E-state index is 0.140. The quantitative estimate of drug-likeness (QED) is 0.641. The van der Waals surface area contributed by atoms with Gasteiger partial charge in [-0.25, -0.2) is 0 Å². The number of aliphatic hydroxyl groups excluding tert-OH is 2. The maximum absolute atomic E-state index is 8.54. The molecule has 0 aromatic heterocycles. The molecule has 0 aliphatic rings. The van der Waals surface area contributed by atoms with Gasteiger partial charge in [0.1, 0.15) is 0 Å². The van der Waals surface area contributed by atoms with Crippen molar-refractivity contribution in [1.82, 2.24) is 0 Å². The van der Waals surface area contributed by atoms with Crippen molar-refractivity contribution in [3.8, 4) is 0 Å². The average molecular weight is 198 g/mol. The maximum Gasteiger partial charge on any atom is 0.151 e. The Kier molecular flexibility index (Phi) is 8.13. The average Bonchev–Trinajstić information content (AvgIpc) is 2.20. The third kappa shape index (κ3) is 7.73. The topological polar surface area (TPSA) is 60.7 Å². The predicted molar refractivity (Wildman–Crippen MR) is 55.5 cm³/mol. The van der Waals surface area contributed by atoms with Gasteiger partial charge in [0.2, 0.25) is 0 Å². The highest BCUT2D eigenvalue weighted by molar-refractivity contribution is 5.12. The summed E-state index contributed by atoms with van der Waals surface area (Å²) >= 11 is 0. The Labute approximate surface area is 84.6 Å². The first-order valence-electron chi connectivity index (χ1n) is 4.71. The molecule has 1 aromatic carbocycles. The molecule has 0 bridgehead atoms. The van der Waals surface area contributed by atoms with Crippen molar-refractivity contribution in [2.45, 2.75) is 32.7 Å². The highest BCUT2D eigenvalue weighted by Crippen LogP contribution is 1.95. The first-order valence-corrected chi connectivity index (χ1v) is 4.71. The summed E-state index contributed by atoms with van der Waals surface area (Å²) in [5, 5.41) is 24.8. The summed E-state index contributed by atoms with van der Waals surface area (Å²) < 4.78 is 0. The van der Waals surface area contributed by atoms with Crippen molar-refractivity contribution >= 4 is 0 Å². The lowest BCUT2D eigenvalue weighted by Gasteiger charge is -1.94. The summed E-state index contributed by atoms with van der Waals surface area (Å²) in [6.07, 6.45) is 0.215. The van der Waals surface area contributed by atoms with Crippen molar-refractivity contribution < 1.29 is 15.3 Å². The summed E-state index contributed by atoms with van der Waals surface area (Å²) in [4.78, 5) is 0. The SMILES string of the molecule is CCCC(O)O.OCc1ccccc1. The van der Waals surface area contributed by atoms with E-state index in [2.05, 4.69) is 0 Å². The minimum Gasteiger partial charge on any atom is -0.392 e. The fourth-order valence-corrected chi connectivity index (χ4v) is 0.842. The fraction of sp³-hybridized carbons (Fsp3) is 0.455. The van der Waals surface area contributed by atoms with Crippen LogP contribution in [-0.4, -0.2) is 21.6 Å². The predicted octanol–water partition coefficient (Wildman–Crippen LogP) is 1.28. The Morgan fingerprint density at radius 1 is 1.14 bits per heavy atom. The van der Waals surface area contributed by atoms with Gasteiger partial charge in [0.25, 0.3) is 0 Å². The van der Waals surface area contributed by atoms with Gasteiger partial charge >= 0.3 is 0 Å². The minimum atomic E-state index is -1.10.